The van der Waals surface area contributed by atoms with Gasteiger partial charge in [-0.15, -0.1) is 6.58 Å². The van der Waals surface area contributed by atoms with Crippen molar-refractivity contribution in [2.24, 2.45) is 0 Å². The Morgan fingerprint density at radius 3 is 2.35 bits per heavy atom. The van der Waals surface area contributed by atoms with Gasteiger partial charge in [-0.3, -0.25) is 0 Å². The van der Waals surface area contributed by atoms with Gasteiger partial charge in [-0.05, 0) is 27.2 Å². The SMILES string of the molecule is C=CCC(C)(C)OC(C(=O)OC)C(=O)OCC. The maximum absolute atomic E-state index is 11.6. The largest absolute Gasteiger partial charge is 0.467 e. The first-order chi connectivity index (χ1) is 7.87. The summed E-state index contributed by atoms with van der Waals surface area (Å²) in [6.45, 7) is 8.93. The van der Waals surface area contributed by atoms with E-state index in [0.717, 1.165) is 0 Å². The molecule has 0 aliphatic rings. The summed E-state index contributed by atoms with van der Waals surface area (Å²) in [5.74, 6) is -1.50. The fourth-order valence-corrected chi connectivity index (χ4v) is 1.23. The Morgan fingerprint density at radius 2 is 1.94 bits per heavy atom. The van der Waals surface area contributed by atoms with Gasteiger partial charge < -0.3 is 14.2 Å². The van der Waals surface area contributed by atoms with Crippen molar-refractivity contribution in [1.29, 1.82) is 0 Å². The van der Waals surface area contributed by atoms with Gasteiger partial charge in [0.15, 0.2) is 0 Å². The lowest BCUT2D eigenvalue weighted by atomic mass is 10.1. The van der Waals surface area contributed by atoms with Crippen LogP contribution in [0, 0.1) is 0 Å². The smallest absolute Gasteiger partial charge is 0.347 e. The third kappa shape index (κ3) is 5.49. The van der Waals surface area contributed by atoms with Crippen LogP contribution in [0.25, 0.3) is 0 Å². The molecule has 0 aromatic carbocycles. The molecule has 0 aromatic rings. The van der Waals surface area contributed by atoms with Crippen LogP contribution >= 0.6 is 0 Å². The van der Waals surface area contributed by atoms with E-state index in [4.69, 9.17) is 9.47 Å². The molecule has 0 saturated carbocycles. The van der Waals surface area contributed by atoms with Crippen LogP contribution in [0.15, 0.2) is 12.7 Å². The van der Waals surface area contributed by atoms with Gasteiger partial charge in [-0.1, -0.05) is 6.08 Å². The van der Waals surface area contributed by atoms with Crippen molar-refractivity contribution < 1.29 is 23.8 Å². The lowest BCUT2D eigenvalue weighted by Gasteiger charge is -2.27. The predicted molar refractivity (Wildman–Crippen MR) is 62.4 cm³/mol. The van der Waals surface area contributed by atoms with Crippen molar-refractivity contribution in [2.45, 2.75) is 38.9 Å². The summed E-state index contributed by atoms with van der Waals surface area (Å²) in [5.41, 5.74) is -0.687. The Balaban J connectivity index is 4.76. The molecule has 0 radical (unpaired) electrons. The molecule has 0 amide bonds. The topological polar surface area (TPSA) is 61.8 Å². The highest BCUT2D eigenvalue weighted by atomic mass is 16.6. The number of hydrogen-bond donors (Lipinski definition) is 0. The Bertz CT molecular complexity index is 283. The Morgan fingerprint density at radius 1 is 1.35 bits per heavy atom. The van der Waals surface area contributed by atoms with Crippen molar-refractivity contribution in [3.63, 3.8) is 0 Å². The second-order valence-corrected chi connectivity index (χ2v) is 4.03. The van der Waals surface area contributed by atoms with Crippen molar-refractivity contribution in [2.75, 3.05) is 13.7 Å². The fraction of sp³-hybridized carbons (Fsp3) is 0.667. The van der Waals surface area contributed by atoms with E-state index < -0.39 is 23.6 Å². The van der Waals surface area contributed by atoms with Gasteiger partial charge >= 0.3 is 11.9 Å². The van der Waals surface area contributed by atoms with Crippen LogP contribution in [0.1, 0.15) is 27.2 Å². The number of carbonyl (C=O) groups is 2. The third-order valence-corrected chi connectivity index (χ3v) is 1.99. The fourth-order valence-electron chi connectivity index (χ4n) is 1.23. The summed E-state index contributed by atoms with van der Waals surface area (Å²) in [6, 6.07) is 0. The zero-order chi connectivity index (χ0) is 13.5. The van der Waals surface area contributed by atoms with Gasteiger partial charge in [0.25, 0.3) is 6.10 Å². The molecule has 5 nitrogen and oxygen atoms in total. The van der Waals surface area contributed by atoms with Crippen molar-refractivity contribution in [3.05, 3.63) is 12.7 Å². The summed E-state index contributed by atoms with van der Waals surface area (Å²) < 4.78 is 14.7. The van der Waals surface area contributed by atoms with E-state index in [-0.39, 0.29) is 6.61 Å². The molecular weight excluding hydrogens is 224 g/mol. The van der Waals surface area contributed by atoms with Gasteiger partial charge in [0.2, 0.25) is 0 Å². The van der Waals surface area contributed by atoms with Crippen LogP contribution in [0.4, 0.5) is 0 Å². The maximum Gasteiger partial charge on any atom is 0.347 e. The number of ether oxygens (including phenoxy) is 3. The predicted octanol–water partition coefficient (Wildman–Crippen LogP) is 1.46. The minimum Gasteiger partial charge on any atom is -0.467 e. The van der Waals surface area contributed by atoms with Gasteiger partial charge in [-0.2, -0.15) is 0 Å². The van der Waals surface area contributed by atoms with Crippen LogP contribution in [-0.2, 0) is 23.8 Å². The number of esters is 2. The van der Waals surface area contributed by atoms with Gasteiger partial charge in [0, 0.05) is 0 Å². The molecule has 1 atom stereocenters. The minimum atomic E-state index is -1.35. The third-order valence-electron chi connectivity index (χ3n) is 1.99. The first-order valence-corrected chi connectivity index (χ1v) is 5.41. The number of methoxy groups -OCH3 is 1. The highest BCUT2D eigenvalue weighted by Gasteiger charge is 2.35. The molecule has 98 valence electrons. The molecule has 5 heteroatoms. The molecule has 0 fully saturated rings. The average Bonchev–Trinajstić information content (AvgIpc) is 2.25. The van der Waals surface area contributed by atoms with E-state index in [1.807, 2.05) is 0 Å². The molecule has 17 heavy (non-hydrogen) atoms. The molecule has 1 unspecified atom stereocenters. The van der Waals surface area contributed by atoms with Gasteiger partial charge in [0.1, 0.15) is 0 Å². The molecule has 0 heterocycles. The van der Waals surface area contributed by atoms with Crippen molar-refractivity contribution >= 4 is 11.9 Å². The first kappa shape index (κ1) is 15.6. The van der Waals surface area contributed by atoms with Crippen LogP contribution in [0.5, 0.6) is 0 Å². The molecule has 0 aromatic heterocycles. The van der Waals surface area contributed by atoms with Gasteiger partial charge in [0.05, 0.1) is 19.3 Å². The van der Waals surface area contributed by atoms with Crippen LogP contribution in [0.2, 0.25) is 0 Å². The zero-order valence-corrected chi connectivity index (χ0v) is 10.8. The number of rotatable bonds is 7. The highest BCUT2D eigenvalue weighted by Crippen LogP contribution is 2.18. The summed E-state index contributed by atoms with van der Waals surface area (Å²) in [5, 5.41) is 0. The molecule has 0 rings (SSSR count). The molecule has 0 bridgehead atoms. The van der Waals surface area contributed by atoms with Crippen LogP contribution in [-0.4, -0.2) is 37.4 Å². The Labute approximate surface area is 102 Å². The van der Waals surface area contributed by atoms with E-state index in [0.29, 0.717) is 6.42 Å². The molecular formula is C12H20O5. The van der Waals surface area contributed by atoms with Crippen molar-refractivity contribution in [3.8, 4) is 0 Å². The second-order valence-electron chi connectivity index (χ2n) is 4.03. The summed E-state index contributed by atoms with van der Waals surface area (Å²) >= 11 is 0. The van der Waals surface area contributed by atoms with E-state index in [9.17, 15) is 9.59 Å². The summed E-state index contributed by atoms with van der Waals surface area (Å²) in [7, 11) is 1.19. The van der Waals surface area contributed by atoms with Crippen LogP contribution in [0.3, 0.4) is 0 Å². The minimum absolute atomic E-state index is 0.178. The quantitative estimate of drug-likeness (QED) is 0.385. The number of carbonyl (C=O) groups excluding carboxylic acids is 2. The van der Waals surface area contributed by atoms with Crippen LogP contribution < -0.4 is 0 Å². The van der Waals surface area contributed by atoms with E-state index in [2.05, 4.69) is 11.3 Å². The van der Waals surface area contributed by atoms with E-state index in [1.54, 1.807) is 26.8 Å². The summed E-state index contributed by atoms with van der Waals surface area (Å²) in [4.78, 5) is 23.0. The second kappa shape index (κ2) is 7.06. The maximum atomic E-state index is 11.6. The zero-order valence-electron chi connectivity index (χ0n) is 10.8. The monoisotopic (exact) mass is 244 g/mol. The first-order valence-electron chi connectivity index (χ1n) is 5.41. The molecule has 0 saturated heterocycles. The van der Waals surface area contributed by atoms with Crippen molar-refractivity contribution in [1.82, 2.24) is 0 Å². The standard InChI is InChI=1S/C12H20O5/c1-6-8-12(3,4)17-9(10(13)15-5)11(14)16-7-2/h6,9H,1,7-8H2,2-5H3. The normalized spacial score (nSPS) is 12.7. The molecule has 0 N–H and O–H groups in total. The Hall–Kier alpha value is -1.36. The Kier molecular flexibility index (Phi) is 6.50. The summed E-state index contributed by atoms with van der Waals surface area (Å²) in [6.07, 6.45) is 0.800. The average molecular weight is 244 g/mol. The molecule has 0 aliphatic heterocycles. The lowest BCUT2D eigenvalue weighted by Crippen LogP contribution is -2.42. The number of hydrogen-bond acceptors (Lipinski definition) is 5. The molecule has 0 aliphatic carbocycles. The molecule has 0 spiro atoms. The van der Waals surface area contributed by atoms with E-state index in [1.165, 1.54) is 7.11 Å². The van der Waals surface area contributed by atoms with E-state index >= 15 is 0 Å². The van der Waals surface area contributed by atoms with Gasteiger partial charge in [-0.25, -0.2) is 9.59 Å². The lowest BCUT2D eigenvalue weighted by molar-refractivity contribution is -0.182. The highest BCUT2D eigenvalue weighted by molar-refractivity contribution is 5.98.